The van der Waals surface area contributed by atoms with Gasteiger partial charge in [0.15, 0.2) is 0 Å². The Morgan fingerprint density at radius 1 is 1.03 bits per heavy atom. The Hall–Kier alpha value is -3.70. The number of pyridine rings is 1. The Labute approximate surface area is 224 Å². The molecular weight excluding hydrogens is 472 g/mol. The number of aryl methyl sites for hydroxylation is 1. The molecule has 1 saturated heterocycles. The van der Waals surface area contributed by atoms with Crippen LogP contribution in [0.4, 0.5) is 0 Å². The second-order valence-corrected chi connectivity index (χ2v) is 10.3. The number of hydrogen-bond acceptors (Lipinski definition) is 3. The zero-order valence-corrected chi connectivity index (χ0v) is 22.1. The minimum absolute atomic E-state index is 0.0579. The number of fused-ring (bicyclic) bond motifs is 1. The summed E-state index contributed by atoms with van der Waals surface area (Å²) in [5.74, 6) is 0.633. The normalized spacial score (nSPS) is 17.4. The van der Waals surface area contributed by atoms with E-state index in [9.17, 15) is 9.59 Å². The fraction of sp³-hybridized carbons (Fsp3) is 0.333. The number of allylic oxidation sites excluding steroid dienone is 3. The molecule has 2 aromatic carbocycles. The fourth-order valence-electron chi connectivity index (χ4n) is 5.62. The number of benzene rings is 2. The van der Waals surface area contributed by atoms with Gasteiger partial charge in [0.2, 0.25) is 0 Å². The van der Waals surface area contributed by atoms with Crippen LogP contribution in [0.25, 0.3) is 11.1 Å². The maximum atomic E-state index is 13.2. The quantitative estimate of drug-likeness (QED) is 0.380. The van der Waals surface area contributed by atoms with Gasteiger partial charge in [-0.1, -0.05) is 42.5 Å². The molecular formula is C33H36N2O3. The molecule has 5 nitrogen and oxygen atoms in total. The molecule has 5 heteroatoms. The monoisotopic (exact) mass is 508 g/mol. The Balaban J connectivity index is 1.45. The van der Waals surface area contributed by atoms with Crippen LogP contribution in [0.15, 0.2) is 77.7 Å². The van der Waals surface area contributed by atoms with Crippen molar-refractivity contribution in [2.45, 2.75) is 45.4 Å². The largest absolute Gasteiger partial charge is 0.381 e. The third kappa shape index (κ3) is 5.89. The van der Waals surface area contributed by atoms with Gasteiger partial charge < -0.3 is 15.0 Å². The highest BCUT2D eigenvalue weighted by molar-refractivity contribution is 6.05. The molecule has 5 rings (SSSR count). The second-order valence-electron chi connectivity index (χ2n) is 10.3. The minimum Gasteiger partial charge on any atom is -0.381 e. The third-order valence-corrected chi connectivity index (χ3v) is 7.70. The van der Waals surface area contributed by atoms with Gasteiger partial charge in [-0.15, -0.1) is 0 Å². The molecule has 1 aliphatic carbocycles. The molecule has 1 fully saturated rings. The van der Waals surface area contributed by atoms with Crippen molar-refractivity contribution in [3.63, 3.8) is 0 Å². The van der Waals surface area contributed by atoms with Gasteiger partial charge >= 0.3 is 0 Å². The van der Waals surface area contributed by atoms with Crippen LogP contribution in [0.5, 0.6) is 0 Å². The number of carbonyl (C=O) groups excluding carboxylic acids is 1. The Bertz CT molecular complexity index is 1410. The molecule has 0 spiro atoms. The molecule has 196 valence electrons. The summed E-state index contributed by atoms with van der Waals surface area (Å²) in [5, 5.41) is 3.14. The van der Waals surface area contributed by atoms with Crippen molar-refractivity contribution >= 4 is 17.1 Å². The number of aromatic nitrogens is 1. The molecule has 1 atom stereocenters. The maximum Gasteiger partial charge on any atom is 0.255 e. The van der Waals surface area contributed by atoms with E-state index in [1.54, 1.807) is 6.20 Å². The van der Waals surface area contributed by atoms with Gasteiger partial charge in [-0.05, 0) is 109 Å². The number of aromatic amines is 1. The maximum absolute atomic E-state index is 13.2. The zero-order valence-electron chi connectivity index (χ0n) is 22.1. The predicted molar refractivity (Wildman–Crippen MR) is 153 cm³/mol. The molecule has 1 aromatic heterocycles. The van der Waals surface area contributed by atoms with E-state index in [4.69, 9.17) is 4.74 Å². The van der Waals surface area contributed by atoms with Gasteiger partial charge in [-0.2, -0.15) is 0 Å². The van der Waals surface area contributed by atoms with Crippen LogP contribution in [0.3, 0.4) is 0 Å². The molecule has 0 saturated carbocycles. The Morgan fingerprint density at radius 3 is 2.76 bits per heavy atom. The van der Waals surface area contributed by atoms with Gasteiger partial charge in [0.1, 0.15) is 0 Å². The van der Waals surface area contributed by atoms with E-state index < -0.39 is 0 Å². The van der Waals surface area contributed by atoms with E-state index in [1.165, 1.54) is 6.42 Å². The summed E-state index contributed by atoms with van der Waals surface area (Å²) < 4.78 is 5.57. The van der Waals surface area contributed by atoms with Crippen LogP contribution in [-0.2, 0) is 11.2 Å². The van der Waals surface area contributed by atoms with Crippen molar-refractivity contribution in [1.29, 1.82) is 0 Å². The molecule has 1 amide bonds. The number of hydrogen-bond donors (Lipinski definition) is 2. The van der Waals surface area contributed by atoms with Gasteiger partial charge in [-0.3, -0.25) is 9.59 Å². The zero-order chi connectivity index (χ0) is 26.3. The molecule has 2 N–H and O–H groups in total. The van der Waals surface area contributed by atoms with Crippen molar-refractivity contribution in [2.75, 3.05) is 19.8 Å². The van der Waals surface area contributed by atoms with E-state index in [-0.39, 0.29) is 11.5 Å². The van der Waals surface area contributed by atoms with E-state index in [0.29, 0.717) is 23.6 Å². The van der Waals surface area contributed by atoms with E-state index in [2.05, 4.69) is 41.5 Å². The van der Waals surface area contributed by atoms with Crippen LogP contribution < -0.4 is 10.9 Å². The highest BCUT2D eigenvalue weighted by atomic mass is 16.5. The molecule has 0 radical (unpaired) electrons. The summed E-state index contributed by atoms with van der Waals surface area (Å²) in [6.45, 7) is 4.48. The van der Waals surface area contributed by atoms with Crippen molar-refractivity contribution in [2.24, 2.45) is 5.92 Å². The molecule has 1 aliphatic heterocycles. The van der Waals surface area contributed by atoms with Crippen LogP contribution in [0, 0.1) is 12.8 Å². The van der Waals surface area contributed by atoms with Crippen molar-refractivity contribution < 1.29 is 9.53 Å². The van der Waals surface area contributed by atoms with E-state index in [1.807, 2.05) is 42.5 Å². The van der Waals surface area contributed by atoms with Crippen molar-refractivity contribution in [1.82, 2.24) is 10.3 Å². The molecule has 2 heterocycles. The van der Waals surface area contributed by atoms with Crippen LogP contribution in [0.1, 0.15) is 70.3 Å². The number of ether oxygens (including phenoxy) is 1. The standard InChI is InChI=1S/C33H36N2O3/c1-23-8-2-3-12-27(23)31-28(29-14-6-19-35-33(29)37)13-4-11-25-15-16-26(22-30(25)31)32(36)34-18-5-9-24-10-7-20-38-21-17-24/h2-4,6,8,12-16,19,22,24H,5,7,9-11,17-18,20-21H2,1H3,(H,34,36)(H,35,37). The van der Waals surface area contributed by atoms with Crippen LogP contribution in [0.2, 0.25) is 0 Å². The summed E-state index contributed by atoms with van der Waals surface area (Å²) in [6, 6.07) is 17.9. The summed E-state index contributed by atoms with van der Waals surface area (Å²) in [5.41, 5.74) is 7.28. The molecule has 2 aliphatic rings. The van der Waals surface area contributed by atoms with Gasteiger partial charge in [0, 0.05) is 37.1 Å². The second kappa shape index (κ2) is 12.2. The van der Waals surface area contributed by atoms with Crippen molar-refractivity contribution in [3.05, 3.63) is 117 Å². The Morgan fingerprint density at radius 2 is 1.89 bits per heavy atom. The molecule has 1 unspecified atom stereocenters. The fourth-order valence-corrected chi connectivity index (χ4v) is 5.62. The van der Waals surface area contributed by atoms with E-state index in [0.717, 1.165) is 78.7 Å². The first-order valence-electron chi connectivity index (χ1n) is 13.8. The van der Waals surface area contributed by atoms with E-state index >= 15 is 0 Å². The SMILES string of the molecule is Cc1ccccc1C1=C(c2ccc[nH]c2=O)C=CCc2ccc(C(=O)NCCCC3CCCOCC3)cc21. The third-order valence-electron chi connectivity index (χ3n) is 7.70. The first-order chi connectivity index (χ1) is 18.6. The highest BCUT2D eigenvalue weighted by Gasteiger charge is 2.22. The topological polar surface area (TPSA) is 71.2 Å². The number of H-pyrrole nitrogens is 1. The lowest BCUT2D eigenvalue weighted by atomic mass is 9.86. The Kier molecular flexibility index (Phi) is 8.34. The summed E-state index contributed by atoms with van der Waals surface area (Å²) >= 11 is 0. The summed E-state index contributed by atoms with van der Waals surface area (Å²) in [4.78, 5) is 28.9. The summed E-state index contributed by atoms with van der Waals surface area (Å²) in [6.07, 6.45) is 12.1. The van der Waals surface area contributed by atoms with Crippen LogP contribution in [-0.4, -0.2) is 30.6 Å². The first-order valence-corrected chi connectivity index (χ1v) is 13.8. The average molecular weight is 509 g/mol. The first kappa shape index (κ1) is 25.9. The van der Waals surface area contributed by atoms with Gasteiger partial charge in [-0.25, -0.2) is 0 Å². The minimum atomic E-state index is -0.129. The smallest absolute Gasteiger partial charge is 0.255 e. The number of amides is 1. The molecule has 38 heavy (non-hydrogen) atoms. The molecule has 0 bridgehead atoms. The van der Waals surface area contributed by atoms with Crippen molar-refractivity contribution in [3.8, 4) is 0 Å². The van der Waals surface area contributed by atoms with Gasteiger partial charge in [0.25, 0.3) is 11.5 Å². The number of rotatable bonds is 7. The molecule has 3 aromatic rings. The summed E-state index contributed by atoms with van der Waals surface area (Å²) in [7, 11) is 0. The van der Waals surface area contributed by atoms with Gasteiger partial charge in [0.05, 0.1) is 0 Å². The highest BCUT2D eigenvalue weighted by Crippen LogP contribution is 2.38. The number of nitrogens with one attached hydrogen (secondary N) is 2. The number of carbonyl (C=O) groups is 1. The lowest BCUT2D eigenvalue weighted by Gasteiger charge is -2.18. The van der Waals surface area contributed by atoms with Crippen LogP contribution >= 0.6 is 0 Å². The average Bonchev–Trinajstić information content (AvgIpc) is 3.30. The lowest BCUT2D eigenvalue weighted by Crippen LogP contribution is -2.25. The lowest BCUT2D eigenvalue weighted by molar-refractivity contribution is 0.0952. The predicted octanol–water partition coefficient (Wildman–Crippen LogP) is 6.08.